The van der Waals surface area contributed by atoms with Crippen LogP contribution in [-0.4, -0.2) is 42.7 Å². The van der Waals surface area contributed by atoms with E-state index in [0.29, 0.717) is 6.54 Å². The SMILES string of the molecule is CN(CC(=O)N(Cc1ccccc1)C(C)(C)C)S(=O)(=O)c1ccccc1. The summed E-state index contributed by atoms with van der Waals surface area (Å²) in [6.45, 7) is 6.06. The second kappa shape index (κ2) is 8.01. The van der Waals surface area contributed by atoms with Crippen LogP contribution in [0.2, 0.25) is 0 Å². The molecule has 0 aliphatic rings. The van der Waals surface area contributed by atoms with E-state index in [-0.39, 0.29) is 17.3 Å². The molecule has 2 aromatic carbocycles. The van der Waals surface area contributed by atoms with Gasteiger partial charge in [-0.05, 0) is 38.5 Å². The molecule has 0 fully saturated rings. The van der Waals surface area contributed by atoms with E-state index in [2.05, 4.69) is 0 Å². The molecule has 0 aliphatic heterocycles. The molecule has 0 N–H and O–H groups in total. The minimum atomic E-state index is -3.70. The molecule has 0 radical (unpaired) electrons. The normalized spacial score (nSPS) is 12.2. The minimum absolute atomic E-state index is 0.181. The van der Waals surface area contributed by atoms with Gasteiger partial charge in [-0.1, -0.05) is 48.5 Å². The van der Waals surface area contributed by atoms with E-state index in [9.17, 15) is 13.2 Å². The van der Waals surface area contributed by atoms with Crippen LogP contribution in [0.4, 0.5) is 0 Å². The van der Waals surface area contributed by atoms with Crippen LogP contribution in [0.15, 0.2) is 65.6 Å². The summed E-state index contributed by atoms with van der Waals surface area (Å²) in [5.74, 6) is -0.233. The lowest BCUT2D eigenvalue weighted by atomic mass is 10.0. The summed E-state index contributed by atoms with van der Waals surface area (Å²) in [5, 5.41) is 0. The number of benzene rings is 2. The Morgan fingerprint density at radius 3 is 1.92 bits per heavy atom. The van der Waals surface area contributed by atoms with Gasteiger partial charge in [0.05, 0.1) is 11.4 Å². The Bertz CT molecular complexity index is 828. The number of hydrogen-bond donors (Lipinski definition) is 0. The summed E-state index contributed by atoms with van der Waals surface area (Å²) in [7, 11) is -2.27. The minimum Gasteiger partial charge on any atom is -0.332 e. The lowest BCUT2D eigenvalue weighted by molar-refractivity contribution is -0.136. The smallest absolute Gasteiger partial charge is 0.243 e. The van der Waals surface area contributed by atoms with Crippen molar-refractivity contribution in [3.63, 3.8) is 0 Å². The quantitative estimate of drug-likeness (QED) is 0.780. The molecule has 0 unspecified atom stereocenters. The van der Waals surface area contributed by atoms with Crippen LogP contribution in [-0.2, 0) is 21.4 Å². The maximum absolute atomic E-state index is 12.9. The third-order valence-electron chi connectivity index (χ3n) is 4.10. The van der Waals surface area contributed by atoms with Gasteiger partial charge in [-0.3, -0.25) is 4.79 Å². The molecule has 0 saturated heterocycles. The van der Waals surface area contributed by atoms with Crippen molar-refractivity contribution in [1.82, 2.24) is 9.21 Å². The van der Waals surface area contributed by atoms with Gasteiger partial charge in [-0.25, -0.2) is 8.42 Å². The highest BCUT2D eigenvalue weighted by atomic mass is 32.2. The Morgan fingerprint density at radius 1 is 0.923 bits per heavy atom. The topological polar surface area (TPSA) is 57.7 Å². The molecule has 6 heteroatoms. The summed E-state index contributed by atoms with van der Waals surface area (Å²) >= 11 is 0. The van der Waals surface area contributed by atoms with Crippen LogP contribution in [0, 0.1) is 0 Å². The van der Waals surface area contributed by atoms with Gasteiger partial charge in [0.15, 0.2) is 0 Å². The van der Waals surface area contributed by atoms with Crippen LogP contribution in [0.25, 0.3) is 0 Å². The van der Waals surface area contributed by atoms with E-state index < -0.39 is 15.6 Å². The van der Waals surface area contributed by atoms with Crippen molar-refractivity contribution < 1.29 is 13.2 Å². The first-order chi connectivity index (χ1) is 12.1. The molecular weight excluding hydrogens is 348 g/mol. The zero-order valence-corrected chi connectivity index (χ0v) is 16.5. The molecule has 0 atom stereocenters. The van der Waals surface area contributed by atoms with E-state index >= 15 is 0 Å². The van der Waals surface area contributed by atoms with Gasteiger partial charge in [0.2, 0.25) is 15.9 Å². The van der Waals surface area contributed by atoms with Crippen LogP contribution >= 0.6 is 0 Å². The van der Waals surface area contributed by atoms with Gasteiger partial charge >= 0.3 is 0 Å². The first-order valence-electron chi connectivity index (χ1n) is 8.48. The maximum Gasteiger partial charge on any atom is 0.243 e. The van der Waals surface area contributed by atoms with E-state index in [1.165, 1.54) is 19.2 Å². The molecular formula is C20H26N2O3S. The maximum atomic E-state index is 12.9. The highest BCUT2D eigenvalue weighted by Gasteiger charge is 2.30. The van der Waals surface area contributed by atoms with Gasteiger partial charge in [-0.2, -0.15) is 4.31 Å². The molecule has 0 bridgehead atoms. The standard InChI is InChI=1S/C20H26N2O3S/c1-20(2,3)22(15-17-11-7-5-8-12-17)19(23)16-21(4)26(24,25)18-13-9-6-10-14-18/h5-14H,15-16H2,1-4H3. The third kappa shape index (κ3) is 4.93. The van der Waals surface area contributed by atoms with Crippen molar-refractivity contribution >= 4 is 15.9 Å². The summed E-state index contributed by atoms with van der Waals surface area (Å²) in [6, 6.07) is 17.8. The second-order valence-corrected chi connectivity index (χ2v) is 9.26. The number of rotatable bonds is 6. The zero-order chi connectivity index (χ0) is 19.4. The van der Waals surface area contributed by atoms with E-state index in [1.807, 2.05) is 51.1 Å². The summed E-state index contributed by atoms with van der Waals surface area (Å²) in [6.07, 6.45) is 0. The Kier molecular flexibility index (Phi) is 6.21. The number of carbonyl (C=O) groups is 1. The molecule has 140 valence electrons. The summed E-state index contributed by atoms with van der Waals surface area (Å²) < 4.78 is 26.4. The number of sulfonamides is 1. The van der Waals surface area contributed by atoms with Crippen LogP contribution < -0.4 is 0 Å². The molecule has 0 heterocycles. The molecule has 0 saturated carbocycles. The average molecular weight is 375 g/mol. The first kappa shape index (κ1) is 20.1. The molecule has 2 aromatic rings. The fourth-order valence-electron chi connectivity index (χ4n) is 2.60. The molecule has 2 rings (SSSR count). The highest BCUT2D eigenvalue weighted by Crippen LogP contribution is 2.19. The third-order valence-corrected chi connectivity index (χ3v) is 5.92. The van der Waals surface area contributed by atoms with E-state index in [1.54, 1.807) is 23.1 Å². The van der Waals surface area contributed by atoms with E-state index in [0.717, 1.165) is 9.87 Å². The Balaban J connectivity index is 2.19. The first-order valence-corrected chi connectivity index (χ1v) is 9.92. The monoisotopic (exact) mass is 374 g/mol. The Hall–Kier alpha value is -2.18. The lowest BCUT2D eigenvalue weighted by Gasteiger charge is -2.36. The molecule has 1 amide bonds. The fraction of sp³-hybridized carbons (Fsp3) is 0.350. The van der Waals surface area contributed by atoms with Crippen molar-refractivity contribution in [3.8, 4) is 0 Å². The highest BCUT2D eigenvalue weighted by molar-refractivity contribution is 7.89. The van der Waals surface area contributed by atoms with Crippen molar-refractivity contribution in [2.24, 2.45) is 0 Å². The van der Waals surface area contributed by atoms with Crippen molar-refractivity contribution in [3.05, 3.63) is 66.2 Å². The number of carbonyl (C=O) groups excluding carboxylic acids is 1. The number of nitrogens with zero attached hydrogens (tertiary/aromatic N) is 2. The van der Waals surface area contributed by atoms with E-state index in [4.69, 9.17) is 0 Å². The molecule has 0 aromatic heterocycles. The fourth-order valence-corrected chi connectivity index (χ4v) is 3.74. The van der Waals surface area contributed by atoms with Gasteiger partial charge < -0.3 is 4.90 Å². The van der Waals surface area contributed by atoms with Crippen molar-refractivity contribution in [1.29, 1.82) is 0 Å². The second-order valence-electron chi connectivity index (χ2n) is 7.21. The Labute approximate surface area is 156 Å². The number of likely N-dealkylation sites (N-methyl/N-ethyl adjacent to an activating group) is 1. The van der Waals surface area contributed by atoms with Crippen LogP contribution in [0.1, 0.15) is 26.3 Å². The molecule has 26 heavy (non-hydrogen) atoms. The van der Waals surface area contributed by atoms with Crippen molar-refractivity contribution in [2.75, 3.05) is 13.6 Å². The predicted molar refractivity (Wildman–Crippen MR) is 103 cm³/mol. The average Bonchev–Trinajstić information content (AvgIpc) is 2.60. The summed E-state index contributed by atoms with van der Waals surface area (Å²) in [5.41, 5.74) is 0.578. The van der Waals surface area contributed by atoms with Crippen molar-refractivity contribution in [2.45, 2.75) is 37.8 Å². The van der Waals surface area contributed by atoms with Gasteiger partial charge in [0.1, 0.15) is 0 Å². The number of amides is 1. The van der Waals surface area contributed by atoms with Crippen LogP contribution in [0.3, 0.4) is 0 Å². The van der Waals surface area contributed by atoms with Gasteiger partial charge in [0, 0.05) is 19.1 Å². The van der Waals surface area contributed by atoms with Crippen LogP contribution in [0.5, 0.6) is 0 Å². The predicted octanol–water partition coefficient (Wildman–Crippen LogP) is 3.13. The Morgan fingerprint density at radius 2 is 1.42 bits per heavy atom. The van der Waals surface area contributed by atoms with Gasteiger partial charge in [0.25, 0.3) is 0 Å². The number of hydrogen-bond acceptors (Lipinski definition) is 3. The van der Waals surface area contributed by atoms with Gasteiger partial charge in [-0.15, -0.1) is 0 Å². The largest absolute Gasteiger partial charge is 0.332 e. The zero-order valence-electron chi connectivity index (χ0n) is 15.7. The molecule has 0 spiro atoms. The molecule has 0 aliphatic carbocycles. The lowest BCUT2D eigenvalue weighted by Crippen LogP contribution is -2.49. The summed E-state index contributed by atoms with van der Waals surface area (Å²) in [4.78, 5) is 14.8. The molecule has 5 nitrogen and oxygen atoms in total.